The number of nitrogens with zero attached hydrogens (tertiary/aromatic N) is 2. The predicted molar refractivity (Wildman–Crippen MR) is 59.3 cm³/mol. The van der Waals surface area contributed by atoms with Gasteiger partial charge in [-0.2, -0.15) is 5.10 Å². The first-order valence-corrected chi connectivity index (χ1v) is 5.33. The summed E-state index contributed by atoms with van der Waals surface area (Å²) in [5.74, 6) is 0.493. The molecule has 14 heavy (non-hydrogen) atoms. The molecule has 0 bridgehead atoms. The number of aromatic nitrogens is 2. The van der Waals surface area contributed by atoms with Gasteiger partial charge in [0, 0.05) is 25.2 Å². The fourth-order valence-electron chi connectivity index (χ4n) is 1.42. The smallest absolute Gasteiger partial charge is 0.0652 e. The van der Waals surface area contributed by atoms with Crippen LogP contribution in [0.2, 0.25) is 0 Å². The minimum Gasteiger partial charge on any atom is -0.327 e. The third-order valence-electron chi connectivity index (χ3n) is 2.58. The minimum atomic E-state index is 0.255. The van der Waals surface area contributed by atoms with E-state index in [4.69, 9.17) is 5.73 Å². The van der Waals surface area contributed by atoms with Crippen molar-refractivity contribution < 1.29 is 0 Å². The summed E-state index contributed by atoms with van der Waals surface area (Å²) >= 11 is 0. The van der Waals surface area contributed by atoms with Crippen LogP contribution in [0.15, 0.2) is 6.07 Å². The molecule has 0 aliphatic carbocycles. The van der Waals surface area contributed by atoms with Gasteiger partial charge in [0.15, 0.2) is 0 Å². The highest BCUT2D eigenvalue weighted by atomic mass is 15.3. The molecule has 1 aromatic rings. The van der Waals surface area contributed by atoms with Crippen LogP contribution in [0.25, 0.3) is 0 Å². The Bertz CT molecular complexity index is 289. The van der Waals surface area contributed by atoms with Gasteiger partial charge in [0.25, 0.3) is 0 Å². The second-order valence-corrected chi connectivity index (χ2v) is 4.21. The fraction of sp³-hybridized carbons (Fsp3) is 0.727. The first kappa shape index (κ1) is 11.2. The summed E-state index contributed by atoms with van der Waals surface area (Å²) in [5.41, 5.74) is 8.32. The van der Waals surface area contributed by atoms with Crippen LogP contribution in [0.1, 0.15) is 44.5 Å². The molecule has 0 fully saturated rings. The third kappa shape index (κ3) is 2.58. The van der Waals surface area contributed by atoms with Gasteiger partial charge >= 0.3 is 0 Å². The fourth-order valence-corrected chi connectivity index (χ4v) is 1.42. The second-order valence-electron chi connectivity index (χ2n) is 4.21. The van der Waals surface area contributed by atoms with Crippen LogP contribution in [0.3, 0.4) is 0 Å². The number of nitrogens with two attached hydrogens (primary N) is 1. The number of aryl methyl sites for hydroxylation is 1. The molecular formula is C11H21N3. The Labute approximate surface area is 86.3 Å². The summed E-state index contributed by atoms with van der Waals surface area (Å²) in [7, 11) is 1.99. The molecule has 2 N–H and O–H groups in total. The van der Waals surface area contributed by atoms with Crippen molar-refractivity contribution >= 4 is 0 Å². The highest BCUT2D eigenvalue weighted by molar-refractivity contribution is 5.14. The molecule has 0 saturated heterocycles. The van der Waals surface area contributed by atoms with Gasteiger partial charge in [-0.15, -0.1) is 0 Å². The zero-order valence-corrected chi connectivity index (χ0v) is 9.62. The molecule has 0 aliphatic heterocycles. The Balaban J connectivity index is 2.77. The highest BCUT2D eigenvalue weighted by Crippen LogP contribution is 2.14. The molecule has 0 spiro atoms. The molecule has 80 valence electrons. The Hall–Kier alpha value is -0.830. The topological polar surface area (TPSA) is 43.8 Å². The summed E-state index contributed by atoms with van der Waals surface area (Å²) < 4.78 is 1.95. The quantitative estimate of drug-likeness (QED) is 0.796. The van der Waals surface area contributed by atoms with Crippen LogP contribution in [0.5, 0.6) is 0 Å². The summed E-state index contributed by atoms with van der Waals surface area (Å²) in [6, 6.07) is 2.42. The van der Waals surface area contributed by atoms with E-state index >= 15 is 0 Å². The molecule has 3 heteroatoms. The second kappa shape index (κ2) is 4.60. The molecular weight excluding hydrogens is 174 g/mol. The molecule has 1 heterocycles. The maximum Gasteiger partial charge on any atom is 0.0652 e. The predicted octanol–water partition coefficient (Wildman–Crippen LogP) is 1.82. The van der Waals surface area contributed by atoms with Crippen molar-refractivity contribution in [2.75, 3.05) is 0 Å². The van der Waals surface area contributed by atoms with Gasteiger partial charge in [0.1, 0.15) is 0 Å². The number of hydrogen-bond donors (Lipinski definition) is 1. The van der Waals surface area contributed by atoms with E-state index in [1.165, 1.54) is 5.69 Å². The lowest BCUT2D eigenvalue weighted by Crippen LogP contribution is -2.22. The first-order valence-electron chi connectivity index (χ1n) is 5.33. The Morgan fingerprint density at radius 3 is 2.57 bits per heavy atom. The number of rotatable bonds is 4. The maximum atomic E-state index is 5.92. The SMILES string of the molecule is CCC(N)Cc1cc(C(C)C)nn1C. The van der Waals surface area contributed by atoms with Crippen LogP contribution in [0.4, 0.5) is 0 Å². The van der Waals surface area contributed by atoms with E-state index < -0.39 is 0 Å². The molecule has 0 amide bonds. The Kier molecular flexibility index (Phi) is 3.69. The van der Waals surface area contributed by atoms with E-state index in [9.17, 15) is 0 Å². The van der Waals surface area contributed by atoms with Crippen molar-refractivity contribution in [2.24, 2.45) is 12.8 Å². The summed E-state index contributed by atoms with van der Waals surface area (Å²) in [6.07, 6.45) is 1.94. The monoisotopic (exact) mass is 195 g/mol. The van der Waals surface area contributed by atoms with Crippen LogP contribution in [0, 0.1) is 0 Å². The minimum absolute atomic E-state index is 0.255. The zero-order chi connectivity index (χ0) is 10.7. The summed E-state index contributed by atoms with van der Waals surface area (Å²) in [4.78, 5) is 0. The van der Waals surface area contributed by atoms with E-state index in [1.54, 1.807) is 0 Å². The molecule has 0 saturated carbocycles. The van der Waals surface area contributed by atoms with E-state index in [0.29, 0.717) is 5.92 Å². The molecule has 1 rings (SSSR count). The lowest BCUT2D eigenvalue weighted by atomic mass is 10.1. The average Bonchev–Trinajstić information content (AvgIpc) is 2.48. The van der Waals surface area contributed by atoms with Gasteiger partial charge in [-0.3, -0.25) is 4.68 Å². The molecule has 0 aromatic carbocycles. The molecule has 1 aromatic heterocycles. The summed E-state index contributed by atoms with van der Waals surface area (Å²) in [5, 5.41) is 4.46. The van der Waals surface area contributed by atoms with E-state index in [0.717, 1.165) is 18.5 Å². The van der Waals surface area contributed by atoms with Crippen molar-refractivity contribution in [3.8, 4) is 0 Å². The molecule has 1 unspecified atom stereocenters. The molecule has 0 radical (unpaired) electrons. The standard InChI is InChI=1S/C11H21N3/c1-5-9(12)6-10-7-11(8(2)3)13-14(10)4/h7-9H,5-6,12H2,1-4H3. The normalized spacial score (nSPS) is 13.6. The molecule has 3 nitrogen and oxygen atoms in total. The van der Waals surface area contributed by atoms with Crippen LogP contribution in [-0.4, -0.2) is 15.8 Å². The van der Waals surface area contributed by atoms with Gasteiger partial charge < -0.3 is 5.73 Å². The first-order chi connectivity index (χ1) is 6.54. The van der Waals surface area contributed by atoms with Crippen molar-refractivity contribution in [2.45, 2.75) is 45.6 Å². The van der Waals surface area contributed by atoms with Crippen LogP contribution in [-0.2, 0) is 13.5 Å². The molecule has 0 aliphatic rings. The Morgan fingerprint density at radius 1 is 1.50 bits per heavy atom. The van der Waals surface area contributed by atoms with Crippen molar-refractivity contribution in [1.82, 2.24) is 9.78 Å². The van der Waals surface area contributed by atoms with Gasteiger partial charge in [-0.05, 0) is 18.4 Å². The molecule has 1 atom stereocenters. The van der Waals surface area contributed by atoms with Gasteiger partial charge in [-0.1, -0.05) is 20.8 Å². The van der Waals surface area contributed by atoms with Gasteiger partial charge in [-0.25, -0.2) is 0 Å². The Morgan fingerprint density at radius 2 is 2.14 bits per heavy atom. The average molecular weight is 195 g/mol. The van der Waals surface area contributed by atoms with Crippen LogP contribution >= 0.6 is 0 Å². The van der Waals surface area contributed by atoms with Gasteiger partial charge in [0.05, 0.1) is 5.69 Å². The summed E-state index contributed by atoms with van der Waals surface area (Å²) in [6.45, 7) is 6.43. The van der Waals surface area contributed by atoms with Gasteiger partial charge in [0.2, 0.25) is 0 Å². The van der Waals surface area contributed by atoms with E-state index in [1.807, 2.05) is 11.7 Å². The van der Waals surface area contributed by atoms with Crippen molar-refractivity contribution in [3.63, 3.8) is 0 Å². The van der Waals surface area contributed by atoms with Crippen LogP contribution < -0.4 is 5.73 Å². The maximum absolute atomic E-state index is 5.92. The third-order valence-corrected chi connectivity index (χ3v) is 2.58. The number of hydrogen-bond acceptors (Lipinski definition) is 2. The zero-order valence-electron chi connectivity index (χ0n) is 9.62. The highest BCUT2D eigenvalue weighted by Gasteiger charge is 2.10. The van der Waals surface area contributed by atoms with E-state index in [2.05, 4.69) is 31.9 Å². The largest absolute Gasteiger partial charge is 0.327 e. The van der Waals surface area contributed by atoms with Crippen molar-refractivity contribution in [1.29, 1.82) is 0 Å². The van der Waals surface area contributed by atoms with E-state index in [-0.39, 0.29) is 6.04 Å². The lowest BCUT2D eigenvalue weighted by molar-refractivity contribution is 0.599. The lowest BCUT2D eigenvalue weighted by Gasteiger charge is -2.07. The van der Waals surface area contributed by atoms with Crippen molar-refractivity contribution in [3.05, 3.63) is 17.5 Å².